The van der Waals surface area contributed by atoms with Crippen LogP contribution in [0.15, 0.2) is 53.6 Å². The Hall–Kier alpha value is -2.32. The fourth-order valence-electron chi connectivity index (χ4n) is 4.97. The van der Waals surface area contributed by atoms with Crippen molar-refractivity contribution in [1.29, 1.82) is 0 Å². The van der Waals surface area contributed by atoms with Gasteiger partial charge in [0, 0.05) is 34.3 Å². The summed E-state index contributed by atoms with van der Waals surface area (Å²) in [5, 5.41) is 22.4. The molecule has 1 fully saturated rings. The Morgan fingerprint density at radius 3 is 2.69 bits per heavy atom. The number of fused-ring (bicyclic) bond motifs is 1. The second kappa shape index (κ2) is 11.8. The molecule has 1 saturated heterocycles. The van der Waals surface area contributed by atoms with Crippen LogP contribution in [0.25, 0.3) is 10.9 Å². The molecular formula is C28H33ClN2O4S. The van der Waals surface area contributed by atoms with Gasteiger partial charge in [-0.1, -0.05) is 29.8 Å². The summed E-state index contributed by atoms with van der Waals surface area (Å²) in [4.78, 5) is 20.4. The molecule has 1 aliphatic rings. The Morgan fingerprint density at radius 1 is 1.25 bits per heavy atom. The first-order valence-electron chi connectivity index (χ1n) is 12.3. The van der Waals surface area contributed by atoms with Gasteiger partial charge in [-0.2, -0.15) is 0 Å². The third-order valence-corrected chi connectivity index (χ3v) is 8.78. The number of nitrogens with zero attached hydrogens (tertiary/aromatic N) is 2. The lowest BCUT2D eigenvalue weighted by Crippen LogP contribution is -2.45. The quantitative estimate of drug-likeness (QED) is 0.313. The summed E-state index contributed by atoms with van der Waals surface area (Å²) in [6.07, 6.45) is 2.49. The zero-order chi connectivity index (χ0) is 25.7. The van der Waals surface area contributed by atoms with E-state index < -0.39 is 17.5 Å². The number of aliphatic carboxylic acids is 1. The van der Waals surface area contributed by atoms with Gasteiger partial charge in [0.15, 0.2) is 0 Å². The number of rotatable bonds is 10. The number of pyridine rings is 1. The highest BCUT2D eigenvalue weighted by Gasteiger charge is 2.41. The molecule has 4 rings (SSSR count). The maximum absolute atomic E-state index is 12.4. The van der Waals surface area contributed by atoms with Crippen LogP contribution < -0.4 is 4.74 Å². The summed E-state index contributed by atoms with van der Waals surface area (Å²) in [7, 11) is 1.58. The minimum absolute atomic E-state index is 0.311. The number of carboxylic acid groups (broad SMARTS) is 1. The van der Waals surface area contributed by atoms with Crippen LogP contribution in [0, 0.1) is 12.3 Å². The molecule has 1 aliphatic heterocycles. The van der Waals surface area contributed by atoms with Crippen molar-refractivity contribution in [3.05, 3.63) is 64.8 Å². The van der Waals surface area contributed by atoms with E-state index in [0.29, 0.717) is 47.5 Å². The normalized spacial score (nSPS) is 16.7. The van der Waals surface area contributed by atoms with Gasteiger partial charge in [-0.3, -0.25) is 9.78 Å². The largest absolute Gasteiger partial charge is 0.497 e. The zero-order valence-electron chi connectivity index (χ0n) is 20.7. The monoisotopic (exact) mass is 528 g/mol. The van der Waals surface area contributed by atoms with Gasteiger partial charge in [-0.05, 0) is 75.5 Å². The molecule has 0 aliphatic carbocycles. The summed E-state index contributed by atoms with van der Waals surface area (Å²) in [5.41, 5.74) is 1.73. The first kappa shape index (κ1) is 26.7. The minimum Gasteiger partial charge on any atom is -0.497 e. The van der Waals surface area contributed by atoms with E-state index >= 15 is 0 Å². The Morgan fingerprint density at radius 2 is 2.00 bits per heavy atom. The van der Waals surface area contributed by atoms with Crippen molar-refractivity contribution in [3.63, 3.8) is 0 Å². The number of likely N-dealkylation sites (tertiary alicyclic amines) is 1. The van der Waals surface area contributed by atoms with Crippen molar-refractivity contribution in [1.82, 2.24) is 9.88 Å². The molecular weight excluding hydrogens is 496 g/mol. The Kier molecular flexibility index (Phi) is 8.78. The minimum atomic E-state index is -0.894. The van der Waals surface area contributed by atoms with E-state index in [1.165, 1.54) is 16.7 Å². The summed E-state index contributed by atoms with van der Waals surface area (Å²) in [5.74, 6) is 0.840. The number of methoxy groups -OCH3 is 1. The van der Waals surface area contributed by atoms with Crippen LogP contribution in [0.3, 0.4) is 0 Å². The van der Waals surface area contributed by atoms with Gasteiger partial charge in [0.1, 0.15) is 5.75 Å². The number of hydrogen-bond donors (Lipinski definition) is 2. The molecule has 6 nitrogen and oxygen atoms in total. The fourth-order valence-corrected chi connectivity index (χ4v) is 6.29. The summed E-state index contributed by atoms with van der Waals surface area (Å²) in [6.45, 7) is 4.54. The number of aromatic nitrogens is 1. The van der Waals surface area contributed by atoms with Crippen LogP contribution in [-0.4, -0.2) is 58.6 Å². The van der Waals surface area contributed by atoms with Gasteiger partial charge < -0.3 is 19.8 Å². The highest BCUT2D eigenvalue weighted by Crippen LogP contribution is 2.41. The Labute approximate surface area is 221 Å². The molecule has 0 spiro atoms. The van der Waals surface area contributed by atoms with Gasteiger partial charge >= 0.3 is 5.97 Å². The van der Waals surface area contributed by atoms with E-state index in [-0.39, 0.29) is 0 Å². The molecule has 192 valence electrons. The molecule has 0 bridgehead atoms. The number of benzene rings is 2. The molecule has 0 radical (unpaired) electrons. The lowest BCUT2D eigenvalue weighted by atomic mass is 9.74. The maximum atomic E-state index is 12.4. The predicted octanol–water partition coefficient (Wildman–Crippen LogP) is 5.98. The van der Waals surface area contributed by atoms with E-state index in [4.69, 9.17) is 16.3 Å². The van der Waals surface area contributed by atoms with Crippen molar-refractivity contribution in [2.75, 3.05) is 32.5 Å². The smallest absolute Gasteiger partial charge is 0.309 e. The van der Waals surface area contributed by atoms with Crippen molar-refractivity contribution < 1.29 is 19.7 Å². The topological polar surface area (TPSA) is 82.9 Å². The molecule has 3 aromatic rings. The molecule has 0 saturated carbocycles. The molecule has 1 aromatic heterocycles. The Balaban J connectivity index is 1.38. The number of aliphatic hydroxyl groups is 1. The van der Waals surface area contributed by atoms with E-state index in [9.17, 15) is 15.0 Å². The Bertz CT molecular complexity index is 1210. The lowest BCUT2D eigenvalue weighted by molar-refractivity contribution is -0.153. The number of hydrogen-bond acceptors (Lipinski definition) is 6. The number of aliphatic hydroxyl groups excluding tert-OH is 1. The van der Waals surface area contributed by atoms with E-state index in [0.717, 1.165) is 30.8 Å². The first-order valence-corrected chi connectivity index (χ1v) is 13.6. The number of halogens is 1. The second-order valence-corrected chi connectivity index (χ2v) is 11.0. The fraction of sp³-hybridized carbons (Fsp3) is 0.429. The van der Waals surface area contributed by atoms with Crippen molar-refractivity contribution in [2.24, 2.45) is 5.41 Å². The second-order valence-electron chi connectivity index (χ2n) is 9.50. The van der Waals surface area contributed by atoms with Crippen LogP contribution in [0.5, 0.6) is 5.75 Å². The molecule has 2 aromatic carbocycles. The lowest BCUT2D eigenvalue weighted by Gasteiger charge is -2.39. The standard InChI is InChI=1S/C28H33ClN2O4S/c1-19-5-3-4-6-25(19)36-16-15-31-13-11-28(12-14-31,27(33)34)10-9-24(32)26-21-17-20(35-2)7-8-23(21)30-18-22(26)29/h3-8,17-18,24,32H,9-16H2,1-2H3,(H,33,34)/t24-/m0/s1. The average molecular weight is 529 g/mol. The number of carbonyl (C=O) groups is 1. The van der Waals surface area contributed by atoms with Gasteiger partial charge in [0.2, 0.25) is 0 Å². The third-order valence-electron chi connectivity index (χ3n) is 7.32. The van der Waals surface area contributed by atoms with E-state index in [2.05, 4.69) is 41.1 Å². The van der Waals surface area contributed by atoms with Crippen LogP contribution in [0.1, 0.15) is 42.9 Å². The van der Waals surface area contributed by atoms with E-state index in [1.807, 2.05) is 30.0 Å². The highest BCUT2D eigenvalue weighted by atomic mass is 35.5. The van der Waals surface area contributed by atoms with Crippen molar-refractivity contribution >= 4 is 40.2 Å². The maximum Gasteiger partial charge on any atom is 0.309 e. The van der Waals surface area contributed by atoms with Gasteiger partial charge in [-0.25, -0.2) is 0 Å². The molecule has 36 heavy (non-hydrogen) atoms. The summed E-state index contributed by atoms with van der Waals surface area (Å²) < 4.78 is 5.33. The molecule has 2 N–H and O–H groups in total. The van der Waals surface area contributed by atoms with E-state index in [1.54, 1.807) is 7.11 Å². The molecule has 0 unspecified atom stereocenters. The average Bonchev–Trinajstić information content (AvgIpc) is 2.88. The number of carboxylic acids is 1. The van der Waals surface area contributed by atoms with Crippen molar-refractivity contribution in [2.45, 2.75) is 43.6 Å². The highest BCUT2D eigenvalue weighted by molar-refractivity contribution is 7.99. The molecule has 2 heterocycles. The first-order chi connectivity index (χ1) is 17.3. The van der Waals surface area contributed by atoms with Gasteiger partial charge in [0.25, 0.3) is 0 Å². The van der Waals surface area contributed by atoms with Crippen LogP contribution in [0.2, 0.25) is 5.02 Å². The number of ether oxygens (including phenoxy) is 1. The number of aryl methyl sites for hydroxylation is 1. The van der Waals surface area contributed by atoms with Gasteiger partial charge in [0.05, 0.1) is 29.2 Å². The molecule has 0 amide bonds. The molecule has 1 atom stereocenters. The number of piperidine rings is 1. The summed E-state index contributed by atoms with van der Waals surface area (Å²) >= 11 is 8.29. The van der Waals surface area contributed by atoms with Gasteiger partial charge in [-0.15, -0.1) is 11.8 Å². The predicted molar refractivity (Wildman–Crippen MR) is 145 cm³/mol. The molecule has 8 heteroatoms. The SMILES string of the molecule is COc1ccc2ncc(Cl)c([C@@H](O)CCC3(C(=O)O)CCN(CCSc4ccccc4C)CC3)c2c1. The third kappa shape index (κ3) is 5.97. The van der Waals surface area contributed by atoms with Crippen molar-refractivity contribution in [3.8, 4) is 5.75 Å². The van der Waals surface area contributed by atoms with Crippen LogP contribution in [-0.2, 0) is 4.79 Å². The van der Waals surface area contributed by atoms with Crippen LogP contribution >= 0.6 is 23.4 Å². The number of thioether (sulfide) groups is 1. The summed E-state index contributed by atoms with van der Waals surface area (Å²) in [6, 6.07) is 13.8. The van der Waals surface area contributed by atoms with Crippen LogP contribution in [0.4, 0.5) is 0 Å². The zero-order valence-corrected chi connectivity index (χ0v) is 22.3.